The minimum Gasteiger partial charge on any atom is -0.352 e. The Hall–Kier alpha value is -1.27. The standard InChI is InChI=1S/C11H18N2O/c1-5-9-13(3,4)10-7-8-12-11(14)6-2/h1,6H,2,7-10H2,3-4H3/p+1. The molecule has 0 radical (unpaired) electrons. The summed E-state index contributed by atoms with van der Waals surface area (Å²) in [5, 5.41) is 2.73. The van der Waals surface area contributed by atoms with Gasteiger partial charge in [0.2, 0.25) is 5.91 Å². The molecule has 0 aromatic carbocycles. The molecule has 14 heavy (non-hydrogen) atoms. The molecule has 0 bridgehead atoms. The van der Waals surface area contributed by atoms with Crippen LogP contribution >= 0.6 is 0 Å². The van der Waals surface area contributed by atoms with Crippen LogP contribution in [0.3, 0.4) is 0 Å². The molecule has 0 heterocycles. The van der Waals surface area contributed by atoms with Gasteiger partial charge >= 0.3 is 0 Å². The Bertz CT molecular complexity index is 238. The molecule has 0 aliphatic heterocycles. The fourth-order valence-electron chi connectivity index (χ4n) is 1.12. The minimum atomic E-state index is -0.118. The molecule has 3 heteroatoms. The highest BCUT2D eigenvalue weighted by atomic mass is 16.1. The number of terminal acetylenes is 1. The Morgan fingerprint density at radius 3 is 2.79 bits per heavy atom. The third-order valence-electron chi connectivity index (χ3n) is 1.94. The zero-order valence-corrected chi connectivity index (χ0v) is 9.05. The first-order valence-electron chi connectivity index (χ1n) is 4.67. The predicted molar refractivity (Wildman–Crippen MR) is 58.5 cm³/mol. The Morgan fingerprint density at radius 1 is 1.64 bits per heavy atom. The molecule has 0 spiro atoms. The number of amides is 1. The molecule has 0 saturated carbocycles. The van der Waals surface area contributed by atoms with Crippen LogP contribution in [-0.4, -0.2) is 44.1 Å². The van der Waals surface area contributed by atoms with Crippen molar-refractivity contribution in [1.29, 1.82) is 0 Å². The third kappa shape index (κ3) is 6.27. The van der Waals surface area contributed by atoms with Gasteiger partial charge in [0.1, 0.15) is 6.54 Å². The van der Waals surface area contributed by atoms with E-state index in [2.05, 4.69) is 31.9 Å². The fraction of sp³-hybridized carbons (Fsp3) is 0.545. The molecule has 0 aromatic heterocycles. The molecular weight excluding hydrogens is 176 g/mol. The lowest BCUT2D eigenvalue weighted by atomic mass is 10.3. The van der Waals surface area contributed by atoms with Gasteiger partial charge in [0.25, 0.3) is 0 Å². The predicted octanol–water partition coefficient (Wildman–Crippen LogP) is 0.388. The molecule has 1 amide bonds. The summed E-state index contributed by atoms with van der Waals surface area (Å²) in [5.74, 6) is 2.52. The van der Waals surface area contributed by atoms with Crippen molar-refractivity contribution < 1.29 is 9.28 Å². The highest BCUT2D eigenvalue weighted by molar-refractivity contribution is 5.86. The van der Waals surface area contributed by atoms with Crippen molar-refractivity contribution in [3.63, 3.8) is 0 Å². The Kier molecular flexibility index (Phi) is 5.66. The number of nitrogens with zero attached hydrogens (tertiary/aromatic N) is 1. The van der Waals surface area contributed by atoms with Gasteiger partial charge in [-0.15, -0.1) is 6.42 Å². The number of hydrogen-bond donors (Lipinski definition) is 1. The lowest BCUT2D eigenvalue weighted by molar-refractivity contribution is -0.883. The molecule has 0 aliphatic rings. The van der Waals surface area contributed by atoms with Gasteiger partial charge in [-0.2, -0.15) is 0 Å². The topological polar surface area (TPSA) is 29.1 Å². The maximum atomic E-state index is 10.8. The van der Waals surface area contributed by atoms with Crippen LogP contribution < -0.4 is 5.32 Å². The summed E-state index contributed by atoms with van der Waals surface area (Å²) in [5.41, 5.74) is 0. The van der Waals surface area contributed by atoms with Crippen LogP contribution in [0, 0.1) is 12.3 Å². The van der Waals surface area contributed by atoms with Crippen LogP contribution in [0.25, 0.3) is 0 Å². The third-order valence-corrected chi connectivity index (χ3v) is 1.94. The van der Waals surface area contributed by atoms with Crippen molar-refractivity contribution in [2.24, 2.45) is 0 Å². The highest BCUT2D eigenvalue weighted by Gasteiger charge is 2.11. The van der Waals surface area contributed by atoms with Crippen molar-refractivity contribution >= 4 is 5.91 Å². The number of nitrogens with one attached hydrogen (secondary N) is 1. The van der Waals surface area contributed by atoms with Gasteiger partial charge in [0, 0.05) is 13.0 Å². The monoisotopic (exact) mass is 195 g/mol. The zero-order valence-electron chi connectivity index (χ0n) is 9.05. The van der Waals surface area contributed by atoms with Crippen molar-refractivity contribution in [2.75, 3.05) is 33.7 Å². The molecule has 0 aliphatic carbocycles. The van der Waals surface area contributed by atoms with E-state index in [1.54, 1.807) is 0 Å². The Morgan fingerprint density at radius 2 is 2.29 bits per heavy atom. The van der Waals surface area contributed by atoms with Crippen LogP contribution in [0.2, 0.25) is 0 Å². The maximum Gasteiger partial charge on any atom is 0.243 e. The highest BCUT2D eigenvalue weighted by Crippen LogP contribution is 1.96. The summed E-state index contributed by atoms with van der Waals surface area (Å²) in [4.78, 5) is 10.8. The molecule has 0 atom stereocenters. The van der Waals surface area contributed by atoms with E-state index in [0.717, 1.165) is 24.0 Å². The van der Waals surface area contributed by atoms with Crippen molar-refractivity contribution in [3.05, 3.63) is 12.7 Å². The van der Waals surface area contributed by atoms with E-state index in [0.29, 0.717) is 6.54 Å². The molecule has 3 nitrogen and oxygen atoms in total. The first kappa shape index (κ1) is 12.7. The molecule has 78 valence electrons. The first-order valence-corrected chi connectivity index (χ1v) is 4.67. The van der Waals surface area contributed by atoms with E-state index in [-0.39, 0.29) is 5.91 Å². The first-order chi connectivity index (χ1) is 6.52. The second-order valence-electron chi connectivity index (χ2n) is 3.87. The van der Waals surface area contributed by atoms with E-state index in [4.69, 9.17) is 6.42 Å². The summed E-state index contributed by atoms with van der Waals surface area (Å²) >= 11 is 0. The quantitative estimate of drug-likeness (QED) is 0.282. The number of quaternary nitrogens is 1. The maximum absolute atomic E-state index is 10.8. The second-order valence-corrected chi connectivity index (χ2v) is 3.87. The van der Waals surface area contributed by atoms with E-state index in [9.17, 15) is 4.79 Å². The number of hydrogen-bond acceptors (Lipinski definition) is 1. The average molecular weight is 195 g/mol. The smallest absolute Gasteiger partial charge is 0.243 e. The van der Waals surface area contributed by atoms with E-state index < -0.39 is 0 Å². The lowest BCUT2D eigenvalue weighted by Crippen LogP contribution is -2.41. The summed E-state index contributed by atoms with van der Waals surface area (Å²) in [6.45, 7) is 5.73. The second kappa shape index (κ2) is 6.22. The van der Waals surface area contributed by atoms with Crippen LogP contribution in [0.15, 0.2) is 12.7 Å². The molecule has 0 unspecified atom stereocenters. The van der Waals surface area contributed by atoms with E-state index >= 15 is 0 Å². The van der Waals surface area contributed by atoms with Gasteiger partial charge in [-0.25, -0.2) is 0 Å². The van der Waals surface area contributed by atoms with Gasteiger partial charge in [-0.05, 0) is 12.0 Å². The van der Waals surface area contributed by atoms with Crippen molar-refractivity contribution in [1.82, 2.24) is 5.32 Å². The molecule has 0 rings (SSSR count). The molecule has 0 saturated heterocycles. The minimum absolute atomic E-state index is 0.118. The van der Waals surface area contributed by atoms with Gasteiger partial charge < -0.3 is 9.80 Å². The SMILES string of the molecule is C#CC[N+](C)(C)CCCNC(=O)C=C. The van der Waals surface area contributed by atoms with Gasteiger partial charge in [0.15, 0.2) is 0 Å². The van der Waals surface area contributed by atoms with Crippen molar-refractivity contribution in [2.45, 2.75) is 6.42 Å². The van der Waals surface area contributed by atoms with E-state index in [1.807, 2.05) is 0 Å². The number of carbonyl (C=O) groups is 1. The van der Waals surface area contributed by atoms with Crippen LogP contribution in [0.5, 0.6) is 0 Å². The normalized spacial score (nSPS) is 10.4. The number of carbonyl (C=O) groups excluding carboxylic acids is 1. The van der Waals surface area contributed by atoms with Gasteiger partial charge in [-0.3, -0.25) is 4.79 Å². The van der Waals surface area contributed by atoms with Crippen LogP contribution in [-0.2, 0) is 4.79 Å². The molecule has 0 aromatic rings. The van der Waals surface area contributed by atoms with Crippen LogP contribution in [0.4, 0.5) is 0 Å². The Labute approximate surface area is 86.4 Å². The van der Waals surface area contributed by atoms with Gasteiger partial charge in [-0.1, -0.05) is 6.58 Å². The zero-order chi connectivity index (χ0) is 11.0. The lowest BCUT2D eigenvalue weighted by Gasteiger charge is -2.27. The molecular formula is C11H19N2O+. The molecule has 0 fully saturated rings. The van der Waals surface area contributed by atoms with Crippen molar-refractivity contribution in [3.8, 4) is 12.3 Å². The largest absolute Gasteiger partial charge is 0.352 e. The van der Waals surface area contributed by atoms with E-state index in [1.165, 1.54) is 6.08 Å². The average Bonchev–Trinajstić information content (AvgIpc) is 2.12. The molecule has 1 N–H and O–H groups in total. The summed E-state index contributed by atoms with van der Waals surface area (Å²) in [6, 6.07) is 0. The number of rotatable bonds is 6. The fourth-order valence-corrected chi connectivity index (χ4v) is 1.12. The summed E-state index contributed by atoms with van der Waals surface area (Å²) in [6.07, 6.45) is 7.44. The van der Waals surface area contributed by atoms with Gasteiger partial charge in [0.05, 0.1) is 20.6 Å². The Balaban J connectivity index is 3.59. The summed E-state index contributed by atoms with van der Waals surface area (Å²) < 4.78 is 0.792. The van der Waals surface area contributed by atoms with Crippen LogP contribution in [0.1, 0.15) is 6.42 Å². The summed E-state index contributed by atoms with van der Waals surface area (Å²) in [7, 11) is 4.16.